The molecule has 21 heteroatoms. The fourth-order valence-electron chi connectivity index (χ4n) is 6.99. The van der Waals surface area contributed by atoms with Gasteiger partial charge in [-0.2, -0.15) is 33.7 Å². The molecule has 0 unspecified atom stereocenters. The molecule has 0 amide bonds. The molecule has 0 aliphatic carbocycles. The summed E-state index contributed by atoms with van der Waals surface area (Å²) in [7, 11) is -14.0. The lowest BCUT2D eigenvalue weighted by molar-refractivity contribution is 0.481. The number of nitrogens with one attached hydrogen (secondary N) is 4. The first-order chi connectivity index (χ1) is 35.2. The summed E-state index contributed by atoms with van der Waals surface area (Å²) in [4.78, 5) is 16.0. The molecular formula is C54H55N5O12S4. The van der Waals surface area contributed by atoms with Crippen LogP contribution in [0.1, 0.15) is 50.6 Å². The summed E-state index contributed by atoms with van der Waals surface area (Å²) < 4.78 is 118. The van der Waals surface area contributed by atoms with Crippen molar-refractivity contribution in [1.82, 2.24) is 24.8 Å². The molecule has 8 N–H and O–H groups in total. The second kappa shape index (κ2) is 24.2. The molecule has 0 radical (unpaired) electrons. The molecule has 8 bridgehead atoms. The second-order valence-corrected chi connectivity index (χ2v) is 23.0. The number of hydrogen-bond donors (Lipinski definition) is 8. The average Bonchev–Trinajstić information content (AvgIpc) is 4.16. The van der Waals surface area contributed by atoms with Gasteiger partial charge in [-0.05, 0) is 161 Å². The smallest absolute Gasteiger partial charge is 0.294 e. The largest absolute Gasteiger partial charge is 0.377 e. The standard InChI is InChI=1S/C26H23N5.4C7H8O3S/c1-31-10-8-17(9-11-31)25-15-24-14-22-5-4-20(28-22)12-18-2-3-19(27-18)13-21-6-7-23(29-21)16-26(25)30-24;4*1-6-2-4-7(5-3-6)11(8,9)10/h2-10,12-16,27-30H,11H2,1H3;4*2-5H,1H3,(H,8,9,10). The van der Waals surface area contributed by atoms with E-state index in [2.05, 4.69) is 117 Å². The van der Waals surface area contributed by atoms with Gasteiger partial charge in [-0.15, -0.1) is 0 Å². The Morgan fingerprint density at radius 3 is 1.03 bits per heavy atom. The van der Waals surface area contributed by atoms with Crippen molar-refractivity contribution in [1.29, 1.82) is 0 Å². The van der Waals surface area contributed by atoms with Gasteiger partial charge in [0.2, 0.25) is 0 Å². The first-order valence-electron chi connectivity index (χ1n) is 22.6. The predicted molar refractivity (Wildman–Crippen MR) is 290 cm³/mol. The molecule has 392 valence electrons. The zero-order valence-corrected chi connectivity index (χ0v) is 44.4. The van der Waals surface area contributed by atoms with Crippen molar-refractivity contribution in [3.63, 3.8) is 0 Å². The summed E-state index contributed by atoms with van der Waals surface area (Å²) in [5.41, 5.74) is 10.5. The van der Waals surface area contributed by atoms with Gasteiger partial charge in [-0.1, -0.05) is 76.9 Å². The van der Waals surface area contributed by atoms with Crippen molar-refractivity contribution < 1.29 is 51.9 Å². The summed E-state index contributed by atoms with van der Waals surface area (Å²) in [6.45, 7) is 8.27. The van der Waals surface area contributed by atoms with Gasteiger partial charge in [-0.25, -0.2) is 0 Å². The number of likely N-dealkylation sites (N-methyl/N-ethyl adjacent to an activating group) is 1. The van der Waals surface area contributed by atoms with E-state index in [-0.39, 0.29) is 19.6 Å². The third-order valence-corrected chi connectivity index (χ3v) is 14.5. The number of nitrogens with zero attached hydrogens (tertiary/aromatic N) is 1. The Bertz CT molecular complexity index is 3770. The van der Waals surface area contributed by atoms with Crippen LogP contribution in [-0.2, 0) is 40.5 Å². The fraction of sp³-hybridized carbons (Fsp3) is 0.111. The highest BCUT2D eigenvalue weighted by Crippen LogP contribution is 2.17. The number of H-pyrrole nitrogens is 4. The number of rotatable bonds is 5. The van der Waals surface area contributed by atoms with Gasteiger partial charge in [0.05, 0.1) is 19.6 Å². The maximum atomic E-state index is 10.5. The minimum absolute atomic E-state index is 0.0666. The highest BCUT2D eigenvalue weighted by Gasteiger charge is 2.11. The third-order valence-electron chi connectivity index (χ3n) is 11.0. The molecule has 0 spiro atoms. The van der Waals surface area contributed by atoms with Crippen LogP contribution in [0.4, 0.5) is 0 Å². The normalized spacial score (nSPS) is 12.9. The van der Waals surface area contributed by atoms with Gasteiger partial charge >= 0.3 is 0 Å². The lowest BCUT2D eigenvalue weighted by Gasteiger charge is -2.16. The Balaban J connectivity index is 0.000000172. The van der Waals surface area contributed by atoms with E-state index in [1.165, 1.54) is 59.7 Å². The van der Waals surface area contributed by atoms with E-state index >= 15 is 0 Å². The molecule has 8 aromatic rings. The molecule has 75 heavy (non-hydrogen) atoms. The molecular weight excluding hydrogens is 1040 g/mol. The number of fused-ring (bicyclic) bond motifs is 8. The van der Waals surface area contributed by atoms with Crippen LogP contribution in [0.15, 0.2) is 177 Å². The van der Waals surface area contributed by atoms with E-state index < -0.39 is 40.5 Å². The maximum absolute atomic E-state index is 10.5. The molecule has 17 nitrogen and oxygen atoms in total. The molecule has 4 aromatic heterocycles. The minimum atomic E-state index is -4.02. The Hall–Kier alpha value is -7.60. The van der Waals surface area contributed by atoms with Crippen LogP contribution in [0, 0.1) is 27.7 Å². The lowest BCUT2D eigenvalue weighted by atomic mass is 10.1. The van der Waals surface area contributed by atoms with Crippen LogP contribution in [0.3, 0.4) is 0 Å². The zero-order chi connectivity index (χ0) is 54.7. The molecule has 0 atom stereocenters. The first kappa shape index (κ1) is 56.7. The molecule has 2 aliphatic rings. The summed E-state index contributed by atoms with van der Waals surface area (Å²) in [5, 5.41) is 4.29. The molecule has 4 aromatic carbocycles. The van der Waals surface area contributed by atoms with Crippen molar-refractivity contribution in [3.05, 3.63) is 230 Å². The predicted octanol–water partition coefficient (Wildman–Crippen LogP) is 6.44. The second-order valence-electron chi connectivity index (χ2n) is 17.3. The summed E-state index contributed by atoms with van der Waals surface area (Å²) >= 11 is 0. The molecule has 6 heterocycles. The fourth-order valence-corrected chi connectivity index (χ4v) is 8.91. The minimum Gasteiger partial charge on any atom is -0.377 e. The van der Waals surface area contributed by atoms with Crippen molar-refractivity contribution in [2.24, 2.45) is 0 Å². The van der Waals surface area contributed by atoms with Crippen LogP contribution in [0.2, 0.25) is 0 Å². The number of aromatic amines is 4. The van der Waals surface area contributed by atoms with E-state index in [1.54, 1.807) is 48.5 Å². The van der Waals surface area contributed by atoms with Crippen LogP contribution in [0.25, 0.3) is 29.9 Å². The molecule has 0 saturated carbocycles. The zero-order valence-electron chi connectivity index (χ0n) is 41.2. The monoisotopic (exact) mass is 1090 g/mol. The van der Waals surface area contributed by atoms with E-state index in [4.69, 9.17) is 18.2 Å². The van der Waals surface area contributed by atoms with E-state index in [0.717, 1.165) is 73.0 Å². The van der Waals surface area contributed by atoms with Crippen molar-refractivity contribution in [3.8, 4) is 0 Å². The lowest BCUT2D eigenvalue weighted by Crippen LogP contribution is -2.16. The Kier molecular flexibility index (Phi) is 18.3. The summed E-state index contributed by atoms with van der Waals surface area (Å²) in [6.07, 6.45) is 15.1. The van der Waals surface area contributed by atoms with Gasteiger partial charge in [0, 0.05) is 63.3 Å². The Morgan fingerprint density at radius 1 is 0.400 bits per heavy atom. The van der Waals surface area contributed by atoms with Crippen LogP contribution < -0.4 is 21.4 Å². The average molecular weight is 1090 g/mol. The number of aromatic nitrogens is 4. The number of hydrogen-bond acceptors (Lipinski definition) is 9. The highest BCUT2D eigenvalue weighted by atomic mass is 32.2. The molecule has 10 rings (SSSR count). The number of aryl methyl sites for hydroxylation is 4. The van der Waals surface area contributed by atoms with Crippen LogP contribution in [0.5, 0.6) is 0 Å². The summed E-state index contributed by atoms with van der Waals surface area (Å²) in [6, 6.07) is 38.8. The van der Waals surface area contributed by atoms with Crippen molar-refractivity contribution in [2.45, 2.75) is 47.3 Å². The van der Waals surface area contributed by atoms with Crippen LogP contribution in [-0.4, -0.2) is 90.3 Å². The van der Waals surface area contributed by atoms with Gasteiger partial charge < -0.3 is 24.8 Å². The molecule has 0 saturated heterocycles. The van der Waals surface area contributed by atoms with E-state index in [1.807, 2.05) is 27.7 Å². The molecule has 2 aliphatic heterocycles. The number of allylic oxidation sites excluding steroid dienone is 2. The highest BCUT2D eigenvalue weighted by molar-refractivity contribution is 7.86. The quantitative estimate of drug-likeness (QED) is 0.0863. The van der Waals surface area contributed by atoms with Crippen LogP contribution >= 0.6 is 0 Å². The Morgan fingerprint density at radius 2 is 0.720 bits per heavy atom. The third kappa shape index (κ3) is 17.5. The Labute approximate surface area is 435 Å². The topological polar surface area (TPSA) is 284 Å². The van der Waals surface area contributed by atoms with Gasteiger partial charge in [0.15, 0.2) is 0 Å². The SMILES string of the molecule is CN1C=CC(c2cc3[nH]c2=Cc2ccc([nH]2)C=c2ccc([nH]2)=Cc2ccc([nH]2)C=3)=CC1.Cc1ccc(S(=O)(=O)O)cc1.Cc1ccc(S(=O)(=O)O)cc1.Cc1ccc(S(=O)(=O)O)cc1.Cc1ccc(S(=O)(=O)O)cc1. The van der Waals surface area contributed by atoms with Crippen molar-refractivity contribution in [2.75, 3.05) is 13.6 Å². The van der Waals surface area contributed by atoms with Gasteiger partial charge in [-0.3, -0.25) is 18.2 Å². The van der Waals surface area contributed by atoms with E-state index in [0.29, 0.717) is 0 Å². The molecule has 0 fully saturated rings. The van der Waals surface area contributed by atoms with Gasteiger partial charge in [0.25, 0.3) is 40.5 Å². The van der Waals surface area contributed by atoms with Crippen molar-refractivity contribution >= 4 is 70.3 Å². The summed E-state index contributed by atoms with van der Waals surface area (Å²) in [5.74, 6) is 0. The maximum Gasteiger partial charge on any atom is 0.294 e. The number of benzene rings is 4. The first-order valence-corrected chi connectivity index (χ1v) is 28.4. The van der Waals surface area contributed by atoms with E-state index in [9.17, 15) is 33.7 Å². The van der Waals surface area contributed by atoms with Gasteiger partial charge in [0.1, 0.15) is 0 Å².